The average Bonchev–Trinajstić information content (AvgIpc) is 3.58. The second-order valence-electron chi connectivity index (χ2n) is 29.4. The normalized spacial score (nSPS) is 12.9. The average molecular weight is 1340 g/mol. The highest BCUT2D eigenvalue weighted by molar-refractivity contribution is 5.70. The molecular formula is C86H159NO8. The third kappa shape index (κ3) is 78.2. The van der Waals surface area contributed by atoms with E-state index in [1.54, 1.807) is 0 Å². The van der Waals surface area contributed by atoms with E-state index in [4.69, 9.17) is 18.9 Å². The standard InChI is InChI=1S/C86H159NO8/c1-6-8-10-12-14-16-18-20-22-24-26-28-30-32-34-36-38-40-42-44-46-48-50-52-54-56-58-60-62-64-66-68-70-72-74-76-83(88)93-80-82(81-94-86(85(90)91)92-79-78-87(3,4)5)95-84(89)77-75-73-71-69-67-65-63-61-59-57-55-53-51-49-47-45-43-41-39-37-35-33-31-29-27-25-23-21-19-17-15-13-11-9-7-2/h9,11,15,17,21,23,27,29,33,35,82,86H,6-8,10,12-14,16,18-20,22,24-26,28,30-32,34,36-81H2,1-5H3/b11-9-,17-15-,23-21-,29-27-,35-33-. The van der Waals surface area contributed by atoms with Crippen LogP contribution in [0.1, 0.15) is 412 Å². The number of ether oxygens (including phenoxy) is 4. The summed E-state index contributed by atoms with van der Waals surface area (Å²) in [6, 6.07) is 0. The molecule has 9 heteroatoms. The number of nitrogens with zero attached hydrogens (tertiary/aromatic N) is 1. The van der Waals surface area contributed by atoms with E-state index in [1.807, 2.05) is 21.1 Å². The third-order valence-corrected chi connectivity index (χ3v) is 18.8. The highest BCUT2D eigenvalue weighted by Crippen LogP contribution is 2.20. The molecule has 0 aliphatic carbocycles. The van der Waals surface area contributed by atoms with Crippen LogP contribution in [0.15, 0.2) is 60.8 Å². The second-order valence-corrected chi connectivity index (χ2v) is 29.4. The van der Waals surface area contributed by atoms with Crippen LogP contribution in [0.3, 0.4) is 0 Å². The van der Waals surface area contributed by atoms with Gasteiger partial charge in [0.15, 0.2) is 12.4 Å². The molecule has 0 fully saturated rings. The highest BCUT2D eigenvalue weighted by atomic mass is 16.7. The Hall–Kier alpha value is -3.01. The van der Waals surface area contributed by atoms with Gasteiger partial charge in [0.05, 0.1) is 40.3 Å². The molecule has 0 bridgehead atoms. The number of unbranched alkanes of at least 4 members (excludes halogenated alkanes) is 53. The molecule has 0 saturated carbocycles. The number of esters is 2. The number of aliphatic carboxylic acids is 1. The quantitative estimate of drug-likeness (QED) is 0.0195. The molecule has 0 rings (SSSR count). The van der Waals surface area contributed by atoms with Gasteiger partial charge in [-0.1, -0.05) is 402 Å². The Balaban J connectivity index is 3.96. The predicted molar refractivity (Wildman–Crippen MR) is 408 cm³/mol. The Labute approximate surface area is 590 Å². The van der Waals surface area contributed by atoms with Crippen molar-refractivity contribution in [3.63, 3.8) is 0 Å². The second kappa shape index (κ2) is 76.7. The lowest BCUT2D eigenvalue weighted by Crippen LogP contribution is -2.44. The molecule has 0 spiro atoms. The molecule has 0 aromatic heterocycles. The van der Waals surface area contributed by atoms with Crippen LogP contribution in [0, 0.1) is 0 Å². The molecule has 0 radical (unpaired) electrons. The molecule has 0 aromatic carbocycles. The minimum atomic E-state index is -1.62. The smallest absolute Gasteiger partial charge is 0.306 e. The lowest BCUT2D eigenvalue weighted by molar-refractivity contribution is -0.870. The van der Waals surface area contributed by atoms with Crippen molar-refractivity contribution in [2.24, 2.45) is 0 Å². The van der Waals surface area contributed by atoms with Crippen molar-refractivity contribution >= 4 is 17.9 Å². The summed E-state index contributed by atoms with van der Waals surface area (Å²) in [4.78, 5) is 37.6. The van der Waals surface area contributed by atoms with E-state index in [2.05, 4.69) is 74.6 Å². The van der Waals surface area contributed by atoms with Gasteiger partial charge >= 0.3 is 11.9 Å². The largest absolute Gasteiger partial charge is 0.545 e. The maximum absolute atomic E-state index is 13.0. The number of hydrogen-bond acceptors (Lipinski definition) is 8. The Kier molecular flexibility index (Phi) is 74.3. The fraction of sp³-hybridized carbons (Fsp3) is 0.849. The zero-order chi connectivity index (χ0) is 69.0. The first kappa shape index (κ1) is 92.0. The minimum absolute atomic E-state index is 0.150. The SMILES string of the molecule is CC/C=C\C/C=C\C/C=C\C/C=C\C/C=C\CCCCCCCCCCCCCCCCCCCCCC(=O)OC(COC(=O)CCCCCCCCCCCCCCCCCCCCCCCCCCCCCCCCCCCCC)COC(OCC[N+](C)(C)C)C(=O)[O-]. The number of quaternary nitrogens is 1. The minimum Gasteiger partial charge on any atom is -0.545 e. The fourth-order valence-corrected chi connectivity index (χ4v) is 12.5. The van der Waals surface area contributed by atoms with Gasteiger partial charge in [-0.15, -0.1) is 0 Å². The first-order valence-electron chi connectivity index (χ1n) is 41.4. The van der Waals surface area contributed by atoms with Crippen molar-refractivity contribution < 1.29 is 42.9 Å². The van der Waals surface area contributed by atoms with E-state index in [9.17, 15) is 19.5 Å². The summed E-state index contributed by atoms with van der Waals surface area (Å²) in [5.41, 5.74) is 0. The lowest BCUT2D eigenvalue weighted by atomic mass is 10.0. The van der Waals surface area contributed by atoms with Crippen LogP contribution >= 0.6 is 0 Å². The number of carbonyl (C=O) groups is 3. The summed E-state index contributed by atoms with van der Waals surface area (Å²) in [7, 11) is 5.95. The molecule has 0 saturated heterocycles. The van der Waals surface area contributed by atoms with Gasteiger partial charge in [-0.3, -0.25) is 9.59 Å². The monoisotopic (exact) mass is 1330 g/mol. The summed E-state index contributed by atoms with van der Waals surface area (Å²) >= 11 is 0. The van der Waals surface area contributed by atoms with E-state index >= 15 is 0 Å². The summed E-state index contributed by atoms with van der Waals surface area (Å²) < 4.78 is 22.9. The summed E-state index contributed by atoms with van der Waals surface area (Å²) in [5.74, 6) is -2.25. The van der Waals surface area contributed by atoms with Crippen LogP contribution in [-0.4, -0.2) is 82.3 Å². The first-order valence-corrected chi connectivity index (χ1v) is 41.4. The van der Waals surface area contributed by atoms with Gasteiger partial charge in [0.1, 0.15) is 13.2 Å². The maximum Gasteiger partial charge on any atom is 0.306 e. The number of hydrogen-bond donors (Lipinski definition) is 0. The van der Waals surface area contributed by atoms with E-state index in [0.29, 0.717) is 23.9 Å². The van der Waals surface area contributed by atoms with Crippen LogP contribution in [0.2, 0.25) is 0 Å². The highest BCUT2D eigenvalue weighted by Gasteiger charge is 2.22. The molecule has 9 nitrogen and oxygen atoms in total. The summed E-state index contributed by atoms with van der Waals surface area (Å²) in [6.45, 7) is 4.71. The molecule has 0 aliphatic heterocycles. The van der Waals surface area contributed by atoms with Crippen LogP contribution in [0.5, 0.6) is 0 Å². The molecule has 0 amide bonds. The van der Waals surface area contributed by atoms with Gasteiger partial charge in [0.25, 0.3) is 0 Å². The zero-order valence-corrected chi connectivity index (χ0v) is 63.8. The first-order chi connectivity index (χ1) is 46.6. The number of carboxylic acids is 1. The molecule has 556 valence electrons. The molecule has 0 aliphatic rings. The number of carboxylic acid groups (broad SMARTS) is 1. The molecule has 0 N–H and O–H groups in total. The number of rotatable bonds is 78. The Morgan fingerprint density at radius 3 is 0.895 bits per heavy atom. The Bertz CT molecular complexity index is 1750. The van der Waals surface area contributed by atoms with E-state index in [1.165, 1.54) is 315 Å². The molecule has 0 aromatic rings. The predicted octanol–water partition coefficient (Wildman–Crippen LogP) is 25.3. The van der Waals surface area contributed by atoms with Crippen molar-refractivity contribution in [3.05, 3.63) is 60.8 Å². The lowest BCUT2D eigenvalue weighted by Gasteiger charge is -2.26. The van der Waals surface area contributed by atoms with Crippen LogP contribution in [-0.2, 0) is 33.3 Å². The van der Waals surface area contributed by atoms with Crippen LogP contribution in [0.4, 0.5) is 0 Å². The number of carbonyl (C=O) groups excluding carboxylic acids is 3. The van der Waals surface area contributed by atoms with Gasteiger partial charge in [-0.05, 0) is 57.8 Å². The Morgan fingerprint density at radius 2 is 0.600 bits per heavy atom. The Morgan fingerprint density at radius 1 is 0.326 bits per heavy atom. The van der Waals surface area contributed by atoms with Crippen molar-refractivity contribution in [2.75, 3.05) is 47.5 Å². The number of likely N-dealkylation sites (N-methyl/N-ethyl adjacent to an activating group) is 1. The van der Waals surface area contributed by atoms with Crippen molar-refractivity contribution in [2.45, 2.75) is 424 Å². The molecule has 2 unspecified atom stereocenters. The molecule has 95 heavy (non-hydrogen) atoms. The van der Waals surface area contributed by atoms with Crippen LogP contribution in [0.25, 0.3) is 0 Å². The van der Waals surface area contributed by atoms with Crippen LogP contribution < -0.4 is 5.11 Å². The third-order valence-electron chi connectivity index (χ3n) is 18.8. The van der Waals surface area contributed by atoms with E-state index < -0.39 is 24.3 Å². The van der Waals surface area contributed by atoms with Gasteiger partial charge in [0.2, 0.25) is 0 Å². The van der Waals surface area contributed by atoms with Crippen molar-refractivity contribution in [1.29, 1.82) is 0 Å². The molecular weight excluding hydrogens is 1170 g/mol. The molecule has 0 heterocycles. The topological polar surface area (TPSA) is 111 Å². The van der Waals surface area contributed by atoms with Gasteiger partial charge in [0, 0.05) is 12.8 Å². The van der Waals surface area contributed by atoms with Crippen molar-refractivity contribution in [1.82, 2.24) is 0 Å². The summed E-state index contributed by atoms with van der Waals surface area (Å²) in [6.07, 6.45) is 99.4. The van der Waals surface area contributed by atoms with E-state index in [-0.39, 0.29) is 32.2 Å². The van der Waals surface area contributed by atoms with Gasteiger partial charge < -0.3 is 33.3 Å². The zero-order valence-electron chi connectivity index (χ0n) is 63.8. The molecule has 2 atom stereocenters. The van der Waals surface area contributed by atoms with Gasteiger partial charge in [-0.2, -0.15) is 0 Å². The summed E-state index contributed by atoms with van der Waals surface area (Å²) in [5, 5.41) is 11.9. The fourth-order valence-electron chi connectivity index (χ4n) is 12.5. The number of allylic oxidation sites excluding steroid dienone is 10. The maximum atomic E-state index is 13.0. The van der Waals surface area contributed by atoms with E-state index in [0.717, 1.165) is 64.2 Å². The van der Waals surface area contributed by atoms with Crippen molar-refractivity contribution in [3.8, 4) is 0 Å². The van der Waals surface area contributed by atoms with Gasteiger partial charge in [-0.25, -0.2) is 0 Å².